The van der Waals surface area contributed by atoms with E-state index in [1.165, 1.54) is 44.2 Å². The van der Waals surface area contributed by atoms with Crippen molar-refractivity contribution in [3.05, 3.63) is 29.8 Å². The third-order valence-electron chi connectivity index (χ3n) is 7.13. The molecule has 5 rings (SSSR count). The van der Waals surface area contributed by atoms with Crippen LogP contribution in [0.25, 0.3) is 0 Å². The second kappa shape index (κ2) is 7.65. The Morgan fingerprint density at radius 3 is 2.15 bits per heavy atom. The zero-order valence-electron chi connectivity index (χ0n) is 16.8. The van der Waals surface area contributed by atoms with Crippen LogP contribution in [0.4, 0.5) is 5.69 Å². The van der Waals surface area contributed by atoms with Gasteiger partial charge in [-0.25, -0.2) is 5.43 Å². The normalized spacial score (nSPS) is 31.4. The lowest BCUT2D eigenvalue weighted by Crippen LogP contribution is -2.47. The molecule has 146 valence electrons. The Bertz CT molecular complexity index is 655. The van der Waals surface area contributed by atoms with Crippen molar-refractivity contribution >= 4 is 17.8 Å². The number of rotatable bonds is 7. The van der Waals surface area contributed by atoms with Gasteiger partial charge in [-0.2, -0.15) is 5.10 Å². The number of anilines is 1. The molecule has 4 aliphatic rings. The van der Waals surface area contributed by atoms with Crippen LogP contribution >= 0.6 is 0 Å². The molecule has 0 atom stereocenters. The van der Waals surface area contributed by atoms with E-state index in [0.717, 1.165) is 36.4 Å². The molecular weight excluding hydrogens is 334 g/mol. The van der Waals surface area contributed by atoms with Crippen LogP contribution in [-0.2, 0) is 4.79 Å². The van der Waals surface area contributed by atoms with Crippen molar-refractivity contribution in [2.75, 3.05) is 18.0 Å². The van der Waals surface area contributed by atoms with E-state index in [4.69, 9.17) is 0 Å². The molecule has 1 aromatic carbocycles. The molecule has 4 nitrogen and oxygen atoms in total. The summed E-state index contributed by atoms with van der Waals surface area (Å²) in [5.41, 5.74) is 5.30. The predicted octanol–water partition coefficient (Wildman–Crippen LogP) is 4.59. The Hall–Kier alpha value is -1.84. The predicted molar refractivity (Wildman–Crippen MR) is 111 cm³/mol. The SMILES string of the molecule is CCN(CC)c1ccc(C=NNC(=O)CC23CC4CC(CC(C4)C2)C3)cc1. The number of nitrogens with one attached hydrogen (secondary N) is 1. The molecule has 4 saturated carbocycles. The van der Waals surface area contributed by atoms with E-state index >= 15 is 0 Å². The van der Waals surface area contributed by atoms with Gasteiger partial charge in [0.15, 0.2) is 0 Å². The van der Waals surface area contributed by atoms with Crippen LogP contribution in [0.15, 0.2) is 29.4 Å². The summed E-state index contributed by atoms with van der Waals surface area (Å²) in [5.74, 6) is 2.75. The van der Waals surface area contributed by atoms with Gasteiger partial charge in [0, 0.05) is 25.2 Å². The summed E-state index contributed by atoms with van der Waals surface area (Å²) < 4.78 is 0. The van der Waals surface area contributed by atoms with Crippen molar-refractivity contribution in [2.45, 2.75) is 58.8 Å². The smallest absolute Gasteiger partial charge is 0.240 e. The van der Waals surface area contributed by atoms with Gasteiger partial charge in [-0.15, -0.1) is 0 Å². The van der Waals surface area contributed by atoms with Crippen LogP contribution in [0.2, 0.25) is 0 Å². The Morgan fingerprint density at radius 2 is 1.63 bits per heavy atom. The third-order valence-corrected chi connectivity index (χ3v) is 7.13. The highest BCUT2D eigenvalue weighted by atomic mass is 16.2. The first kappa shape index (κ1) is 18.5. The molecule has 1 N–H and O–H groups in total. The summed E-state index contributed by atoms with van der Waals surface area (Å²) in [6, 6.07) is 8.35. The van der Waals surface area contributed by atoms with Gasteiger partial charge in [-0.1, -0.05) is 12.1 Å². The van der Waals surface area contributed by atoms with Crippen LogP contribution in [-0.4, -0.2) is 25.2 Å². The Balaban J connectivity index is 1.30. The third kappa shape index (κ3) is 4.04. The van der Waals surface area contributed by atoms with E-state index in [0.29, 0.717) is 6.42 Å². The molecule has 0 aliphatic heterocycles. The molecule has 0 spiro atoms. The molecular formula is C23H33N3O. The van der Waals surface area contributed by atoms with Gasteiger partial charge in [0.1, 0.15) is 0 Å². The Morgan fingerprint density at radius 1 is 1.07 bits per heavy atom. The number of hydrogen-bond acceptors (Lipinski definition) is 3. The van der Waals surface area contributed by atoms with E-state index in [-0.39, 0.29) is 11.3 Å². The topological polar surface area (TPSA) is 44.7 Å². The number of hydrogen-bond donors (Lipinski definition) is 1. The van der Waals surface area contributed by atoms with E-state index in [1.807, 2.05) is 0 Å². The van der Waals surface area contributed by atoms with Gasteiger partial charge >= 0.3 is 0 Å². The summed E-state index contributed by atoms with van der Waals surface area (Å²) >= 11 is 0. The first-order valence-electron chi connectivity index (χ1n) is 10.8. The van der Waals surface area contributed by atoms with Crippen molar-refractivity contribution in [3.8, 4) is 0 Å². The molecule has 27 heavy (non-hydrogen) atoms. The van der Waals surface area contributed by atoms with Crippen LogP contribution in [0.3, 0.4) is 0 Å². The molecule has 4 fully saturated rings. The number of amides is 1. The number of benzene rings is 1. The van der Waals surface area contributed by atoms with E-state index in [2.05, 4.69) is 53.5 Å². The maximum Gasteiger partial charge on any atom is 0.240 e. The monoisotopic (exact) mass is 367 g/mol. The summed E-state index contributed by atoms with van der Waals surface area (Å²) in [5, 5.41) is 4.22. The van der Waals surface area contributed by atoms with Crippen LogP contribution in [0, 0.1) is 23.2 Å². The van der Waals surface area contributed by atoms with Crippen molar-refractivity contribution in [2.24, 2.45) is 28.3 Å². The molecule has 4 aliphatic carbocycles. The Labute approximate surface area is 163 Å². The summed E-state index contributed by atoms with van der Waals surface area (Å²) in [6.07, 6.45) is 10.5. The van der Waals surface area contributed by atoms with Gasteiger partial charge in [0.2, 0.25) is 5.91 Å². The fourth-order valence-corrected chi connectivity index (χ4v) is 6.43. The minimum absolute atomic E-state index is 0.0907. The first-order valence-corrected chi connectivity index (χ1v) is 10.8. The minimum Gasteiger partial charge on any atom is -0.372 e. The molecule has 0 unspecified atom stereocenters. The summed E-state index contributed by atoms with van der Waals surface area (Å²) in [7, 11) is 0. The van der Waals surface area contributed by atoms with Gasteiger partial charge < -0.3 is 4.90 Å². The van der Waals surface area contributed by atoms with Gasteiger partial charge in [0.05, 0.1) is 6.21 Å². The molecule has 1 amide bonds. The molecule has 1 aromatic rings. The van der Waals surface area contributed by atoms with E-state index < -0.39 is 0 Å². The average Bonchev–Trinajstić information content (AvgIpc) is 2.62. The second-order valence-corrected chi connectivity index (χ2v) is 9.15. The minimum atomic E-state index is 0.0907. The number of nitrogens with zero attached hydrogens (tertiary/aromatic N) is 2. The zero-order chi connectivity index (χ0) is 18.9. The van der Waals surface area contributed by atoms with Crippen molar-refractivity contribution in [1.82, 2.24) is 5.43 Å². The van der Waals surface area contributed by atoms with Crippen molar-refractivity contribution < 1.29 is 4.79 Å². The molecule has 0 saturated heterocycles. The van der Waals surface area contributed by atoms with Crippen molar-refractivity contribution in [3.63, 3.8) is 0 Å². The highest BCUT2D eigenvalue weighted by Crippen LogP contribution is 2.61. The lowest BCUT2D eigenvalue weighted by molar-refractivity contribution is -0.129. The van der Waals surface area contributed by atoms with Gasteiger partial charge in [0.25, 0.3) is 0 Å². The average molecular weight is 368 g/mol. The highest BCUT2D eigenvalue weighted by molar-refractivity contribution is 5.83. The van der Waals surface area contributed by atoms with Gasteiger partial charge in [-0.3, -0.25) is 4.79 Å². The number of carbonyl (C=O) groups excluding carboxylic acids is 1. The maximum absolute atomic E-state index is 12.5. The summed E-state index contributed by atoms with van der Waals surface area (Å²) in [6.45, 7) is 6.34. The lowest BCUT2D eigenvalue weighted by Gasteiger charge is -2.56. The summed E-state index contributed by atoms with van der Waals surface area (Å²) in [4.78, 5) is 14.8. The van der Waals surface area contributed by atoms with Crippen molar-refractivity contribution in [1.29, 1.82) is 0 Å². The molecule has 4 heteroatoms. The Kier molecular flexibility index (Phi) is 5.25. The van der Waals surface area contributed by atoms with E-state index in [9.17, 15) is 4.79 Å². The fourth-order valence-electron chi connectivity index (χ4n) is 6.43. The molecule has 0 heterocycles. The number of carbonyl (C=O) groups is 1. The van der Waals surface area contributed by atoms with Gasteiger partial charge in [-0.05, 0) is 93.2 Å². The fraction of sp³-hybridized carbons (Fsp3) is 0.652. The van der Waals surface area contributed by atoms with Crippen LogP contribution in [0.5, 0.6) is 0 Å². The van der Waals surface area contributed by atoms with Crippen LogP contribution < -0.4 is 10.3 Å². The zero-order valence-corrected chi connectivity index (χ0v) is 16.8. The van der Waals surface area contributed by atoms with E-state index in [1.54, 1.807) is 6.21 Å². The highest BCUT2D eigenvalue weighted by Gasteiger charge is 2.51. The largest absolute Gasteiger partial charge is 0.372 e. The molecule has 0 aromatic heterocycles. The number of hydrazone groups is 1. The maximum atomic E-state index is 12.5. The quantitative estimate of drug-likeness (QED) is 0.566. The van der Waals surface area contributed by atoms with Crippen LogP contribution in [0.1, 0.15) is 64.4 Å². The molecule has 4 bridgehead atoms. The second-order valence-electron chi connectivity index (χ2n) is 9.15. The first-order chi connectivity index (χ1) is 13.1. The standard InChI is InChI=1S/C23H33N3O/c1-3-26(4-2)21-7-5-17(6-8-21)16-24-25-22(27)15-23-12-18-9-19(13-23)11-20(10-18)14-23/h5-8,16,18-20H,3-4,9-15H2,1-2H3,(H,25,27). The molecule has 0 radical (unpaired) electrons. The lowest BCUT2D eigenvalue weighted by atomic mass is 9.49.